The second-order valence-electron chi connectivity index (χ2n) is 12.9. The molecule has 0 fully saturated rings. The van der Waals surface area contributed by atoms with Crippen LogP contribution >= 0.6 is 0 Å². The molecule has 1 aliphatic rings. The second-order valence-corrected chi connectivity index (χ2v) is 12.9. The molecule has 0 radical (unpaired) electrons. The molecule has 0 amide bonds. The van der Waals surface area contributed by atoms with Crippen molar-refractivity contribution in [3.05, 3.63) is 210 Å². The van der Waals surface area contributed by atoms with E-state index in [0.29, 0.717) is 0 Å². The molecule has 10 rings (SSSR count). The Kier molecular flexibility index (Phi) is 6.13. The number of rotatable bonds is 5. The van der Waals surface area contributed by atoms with E-state index < -0.39 is 5.41 Å². The van der Waals surface area contributed by atoms with E-state index in [-0.39, 0.29) is 0 Å². The lowest BCUT2D eigenvalue weighted by Gasteiger charge is -2.34. The van der Waals surface area contributed by atoms with Crippen molar-refractivity contribution in [1.82, 2.24) is 0 Å². The van der Waals surface area contributed by atoms with E-state index in [4.69, 9.17) is 4.42 Å². The van der Waals surface area contributed by atoms with Crippen molar-refractivity contribution in [1.29, 1.82) is 0 Å². The molecular weight excluding hydrogens is 595 g/mol. The van der Waals surface area contributed by atoms with Gasteiger partial charge in [-0.1, -0.05) is 140 Å². The second kappa shape index (κ2) is 10.8. The molecule has 8 aromatic carbocycles. The van der Waals surface area contributed by atoms with Crippen molar-refractivity contribution >= 4 is 49.8 Å². The highest BCUT2D eigenvalue weighted by Crippen LogP contribution is 2.58. The van der Waals surface area contributed by atoms with Gasteiger partial charge in [0.1, 0.15) is 11.2 Å². The Bertz CT molecular complexity index is 2620. The van der Waals surface area contributed by atoms with Gasteiger partial charge in [0, 0.05) is 33.9 Å². The third-order valence-corrected chi connectivity index (χ3v) is 10.3. The third kappa shape index (κ3) is 4.07. The Balaban J connectivity index is 1.27. The molecule has 0 atom stereocenters. The van der Waals surface area contributed by atoms with Gasteiger partial charge in [-0.25, -0.2) is 0 Å². The summed E-state index contributed by atoms with van der Waals surface area (Å²) < 4.78 is 6.38. The molecular formula is C47H31NO. The molecule has 1 aliphatic carbocycles. The van der Waals surface area contributed by atoms with Crippen LogP contribution in [0.4, 0.5) is 17.1 Å². The molecule has 0 unspecified atom stereocenters. The van der Waals surface area contributed by atoms with E-state index in [0.717, 1.165) is 39.0 Å². The van der Waals surface area contributed by atoms with E-state index in [1.54, 1.807) is 0 Å². The predicted octanol–water partition coefficient (Wildman–Crippen LogP) is 12.6. The van der Waals surface area contributed by atoms with Crippen LogP contribution in [0.1, 0.15) is 22.3 Å². The topological polar surface area (TPSA) is 16.4 Å². The molecule has 0 saturated carbocycles. The van der Waals surface area contributed by atoms with Gasteiger partial charge in [0.2, 0.25) is 0 Å². The lowest BCUT2D eigenvalue weighted by Crippen LogP contribution is -2.28. The zero-order valence-electron chi connectivity index (χ0n) is 26.8. The van der Waals surface area contributed by atoms with Crippen LogP contribution in [0.25, 0.3) is 43.8 Å². The first-order valence-corrected chi connectivity index (χ1v) is 16.9. The lowest BCUT2D eigenvalue weighted by atomic mass is 9.67. The fraction of sp³-hybridized carbons (Fsp3) is 0.0213. The summed E-state index contributed by atoms with van der Waals surface area (Å²) in [6, 6.07) is 68.0. The molecule has 230 valence electrons. The number of furan rings is 1. The largest absolute Gasteiger partial charge is 0.456 e. The zero-order chi connectivity index (χ0) is 32.4. The first-order valence-electron chi connectivity index (χ1n) is 16.9. The Morgan fingerprint density at radius 3 is 1.71 bits per heavy atom. The van der Waals surface area contributed by atoms with Crippen molar-refractivity contribution in [2.24, 2.45) is 0 Å². The van der Waals surface area contributed by atoms with Gasteiger partial charge < -0.3 is 9.32 Å². The van der Waals surface area contributed by atoms with Crippen LogP contribution in [0.3, 0.4) is 0 Å². The predicted molar refractivity (Wildman–Crippen MR) is 203 cm³/mol. The molecule has 0 bridgehead atoms. The maximum atomic E-state index is 6.38. The smallest absolute Gasteiger partial charge is 0.137 e. The van der Waals surface area contributed by atoms with Gasteiger partial charge >= 0.3 is 0 Å². The SMILES string of the molecule is c1ccc(N(c2ccc3c(c2)-c2c(ccc4ccccc24)C3(c2ccccc2)c2ccccc2)c2ccc3c(c2)oc2ccccc23)cc1. The van der Waals surface area contributed by atoms with Crippen molar-refractivity contribution in [3.8, 4) is 11.1 Å². The molecule has 0 saturated heterocycles. The van der Waals surface area contributed by atoms with Crippen LogP contribution in [-0.4, -0.2) is 0 Å². The number of nitrogens with zero attached hydrogens (tertiary/aromatic N) is 1. The summed E-state index contributed by atoms with van der Waals surface area (Å²) in [5, 5.41) is 4.76. The van der Waals surface area contributed by atoms with Crippen molar-refractivity contribution < 1.29 is 4.42 Å². The first kappa shape index (κ1) is 27.7. The van der Waals surface area contributed by atoms with Gasteiger partial charge in [-0.2, -0.15) is 0 Å². The van der Waals surface area contributed by atoms with Crippen molar-refractivity contribution in [2.75, 3.05) is 4.90 Å². The molecule has 0 spiro atoms. The van der Waals surface area contributed by atoms with Crippen LogP contribution in [0, 0.1) is 0 Å². The fourth-order valence-corrected chi connectivity index (χ4v) is 8.27. The van der Waals surface area contributed by atoms with Crippen molar-refractivity contribution in [3.63, 3.8) is 0 Å². The minimum absolute atomic E-state index is 0.472. The summed E-state index contributed by atoms with van der Waals surface area (Å²) in [6.45, 7) is 0. The first-order chi connectivity index (χ1) is 24.3. The summed E-state index contributed by atoms with van der Waals surface area (Å²) in [5.41, 5.74) is 12.2. The lowest BCUT2D eigenvalue weighted by molar-refractivity contribution is 0.669. The number of anilines is 3. The van der Waals surface area contributed by atoms with Gasteiger partial charge in [0.05, 0.1) is 5.41 Å². The summed E-state index contributed by atoms with van der Waals surface area (Å²) in [5.74, 6) is 0. The van der Waals surface area contributed by atoms with Gasteiger partial charge in [-0.15, -0.1) is 0 Å². The number of hydrogen-bond acceptors (Lipinski definition) is 2. The summed E-state index contributed by atoms with van der Waals surface area (Å²) in [4.78, 5) is 2.35. The van der Waals surface area contributed by atoms with Crippen molar-refractivity contribution in [2.45, 2.75) is 5.41 Å². The molecule has 49 heavy (non-hydrogen) atoms. The zero-order valence-corrected chi connectivity index (χ0v) is 26.8. The maximum Gasteiger partial charge on any atom is 0.137 e. The Labute approximate surface area is 285 Å². The average molecular weight is 626 g/mol. The number of benzene rings is 8. The van der Waals surface area contributed by atoms with E-state index in [1.165, 1.54) is 44.2 Å². The van der Waals surface area contributed by atoms with Crippen LogP contribution in [0.2, 0.25) is 0 Å². The molecule has 1 aromatic heterocycles. The number of para-hydroxylation sites is 2. The standard InChI is InChI=1S/C47H31NO/c1-4-15-33(16-5-1)47(34-17-6-2-7-18-34)42-29-26-36(30-41(42)46-38-21-11-10-14-32(38)24-28-43(46)47)48(35-19-8-3-9-20-35)37-25-27-40-39-22-12-13-23-44(39)49-45(40)31-37/h1-31H. The molecule has 2 nitrogen and oxygen atoms in total. The van der Waals surface area contributed by atoms with Crippen LogP contribution in [-0.2, 0) is 5.41 Å². The molecule has 2 heteroatoms. The molecule has 0 N–H and O–H groups in total. The minimum Gasteiger partial charge on any atom is -0.456 e. The highest BCUT2D eigenvalue weighted by atomic mass is 16.3. The number of fused-ring (bicyclic) bond motifs is 8. The summed E-state index contributed by atoms with van der Waals surface area (Å²) in [6.07, 6.45) is 0. The quantitative estimate of drug-likeness (QED) is 0.189. The summed E-state index contributed by atoms with van der Waals surface area (Å²) in [7, 11) is 0. The van der Waals surface area contributed by atoms with E-state index in [2.05, 4.69) is 181 Å². The number of hydrogen-bond donors (Lipinski definition) is 0. The van der Waals surface area contributed by atoms with Gasteiger partial charge in [0.25, 0.3) is 0 Å². The highest BCUT2D eigenvalue weighted by Gasteiger charge is 2.46. The molecule has 0 aliphatic heterocycles. The monoisotopic (exact) mass is 625 g/mol. The van der Waals surface area contributed by atoms with E-state index >= 15 is 0 Å². The minimum atomic E-state index is -0.472. The van der Waals surface area contributed by atoms with Crippen LogP contribution < -0.4 is 4.90 Å². The van der Waals surface area contributed by atoms with Crippen LogP contribution in [0.5, 0.6) is 0 Å². The normalized spacial score (nSPS) is 13.1. The third-order valence-electron chi connectivity index (χ3n) is 10.3. The fourth-order valence-electron chi connectivity index (χ4n) is 8.27. The molecule has 9 aromatic rings. The Morgan fingerprint density at radius 1 is 0.388 bits per heavy atom. The van der Waals surface area contributed by atoms with Crippen LogP contribution in [0.15, 0.2) is 192 Å². The molecule has 1 heterocycles. The Hall–Kier alpha value is -6.38. The van der Waals surface area contributed by atoms with E-state index in [1.807, 2.05) is 12.1 Å². The Morgan fingerprint density at radius 2 is 0.959 bits per heavy atom. The van der Waals surface area contributed by atoms with Gasteiger partial charge in [0.15, 0.2) is 0 Å². The average Bonchev–Trinajstić information content (AvgIpc) is 3.69. The van der Waals surface area contributed by atoms with E-state index in [9.17, 15) is 0 Å². The summed E-state index contributed by atoms with van der Waals surface area (Å²) >= 11 is 0. The van der Waals surface area contributed by atoms with Gasteiger partial charge in [-0.3, -0.25) is 0 Å². The van der Waals surface area contributed by atoms with Gasteiger partial charge in [-0.05, 0) is 86.6 Å². The highest BCUT2D eigenvalue weighted by molar-refractivity contribution is 6.07. The maximum absolute atomic E-state index is 6.38.